The summed E-state index contributed by atoms with van der Waals surface area (Å²) in [5.74, 6) is 0.949. The number of phenolic OH excluding ortho intramolecular Hbond substituents is 1. The van der Waals surface area contributed by atoms with E-state index >= 15 is 0 Å². The van der Waals surface area contributed by atoms with E-state index in [-0.39, 0.29) is 5.75 Å². The summed E-state index contributed by atoms with van der Waals surface area (Å²) in [6, 6.07) is 4.88. The number of rotatable bonds is 3. The second kappa shape index (κ2) is 5.37. The highest BCUT2D eigenvalue weighted by atomic mass is 16.5. The third kappa shape index (κ3) is 2.47. The lowest BCUT2D eigenvalue weighted by atomic mass is 9.84. The van der Waals surface area contributed by atoms with E-state index in [9.17, 15) is 5.11 Å². The molecule has 6 heteroatoms. The maximum absolute atomic E-state index is 9.67. The standard InChI is InChI=1S/C15H19N3O3/c1-20-15(7-3-2-4-8-15)14-17-13(21-18-14)10-5-6-11(16)12(19)9-10/h5-6,9,19H,2-4,7-8,16H2,1H3. The molecule has 3 N–H and O–H groups in total. The molecule has 0 amide bonds. The van der Waals surface area contributed by atoms with E-state index in [2.05, 4.69) is 10.1 Å². The van der Waals surface area contributed by atoms with Gasteiger partial charge in [-0.15, -0.1) is 0 Å². The van der Waals surface area contributed by atoms with Gasteiger partial charge >= 0.3 is 0 Å². The van der Waals surface area contributed by atoms with Gasteiger partial charge in [-0.1, -0.05) is 24.4 Å². The number of aromatic hydroxyl groups is 1. The maximum Gasteiger partial charge on any atom is 0.258 e. The molecular formula is C15H19N3O3. The van der Waals surface area contributed by atoms with E-state index in [1.807, 2.05) is 0 Å². The summed E-state index contributed by atoms with van der Waals surface area (Å²) in [7, 11) is 1.69. The molecule has 1 heterocycles. The van der Waals surface area contributed by atoms with Gasteiger partial charge in [0.2, 0.25) is 5.82 Å². The molecule has 1 aliphatic carbocycles. The number of nitrogen functional groups attached to an aromatic ring is 1. The zero-order valence-corrected chi connectivity index (χ0v) is 12.0. The lowest BCUT2D eigenvalue weighted by Gasteiger charge is -2.32. The SMILES string of the molecule is COC1(c2noc(-c3ccc(N)c(O)c3)n2)CCCCC1. The number of nitrogens with zero attached hydrogens (tertiary/aromatic N) is 2. The van der Waals surface area contributed by atoms with Crippen LogP contribution in [0.5, 0.6) is 5.75 Å². The molecular weight excluding hydrogens is 270 g/mol. The van der Waals surface area contributed by atoms with Crippen molar-refractivity contribution in [1.82, 2.24) is 10.1 Å². The van der Waals surface area contributed by atoms with Crippen LogP contribution >= 0.6 is 0 Å². The Balaban J connectivity index is 1.93. The van der Waals surface area contributed by atoms with Crippen molar-refractivity contribution < 1.29 is 14.4 Å². The van der Waals surface area contributed by atoms with Crippen molar-refractivity contribution in [2.75, 3.05) is 12.8 Å². The van der Waals surface area contributed by atoms with Crippen LogP contribution in [0.2, 0.25) is 0 Å². The lowest BCUT2D eigenvalue weighted by molar-refractivity contribution is -0.0527. The van der Waals surface area contributed by atoms with Gasteiger partial charge in [-0.25, -0.2) is 0 Å². The normalized spacial score (nSPS) is 17.8. The van der Waals surface area contributed by atoms with Crippen LogP contribution in [0.15, 0.2) is 22.7 Å². The van der Waals surface area contributed by atoms with Gasteiger partial charge in [0.15, 0.2) is 0 Å². The molecule has 0 unspecified atom stereocenters. The van der Waals surface area contributed by atoms with Gasteiger partial charge in [0, 0.05) is 12.7 Å². The fourth-order valence-electron chi connectivity index (χ4n) is 2.84. The molecule has 3 rings (SSSR count). The molecule has 0 aliphatic heterocycles. The first-order chi connectivity index (χ1) is 10.1. The second-order valence-corrected chi connectivity index (χ2v) is 5.46. The van der Waals surface area contributed by atoms with Gasteiger partial charge in [-0.05, 0) is 31.0 Å². The quantitative estimate of drug-likeness (QED) is 0.666. The minimum absolute atomic E-state index is 0.00590. The molecule has 0 spiro atoms. The van der Waals surface area contributed by atoms with Crippen LogP contribution in [0, 0.1) is 0 Å². The minimum atomic E-state index is -0.449. The van der Waals surface area contributed by atoms with Crippen molar-refractivity contribution in [2.45, 2.75) is 37.7 Å². The Morgan fingerprint density at radius 1 is 1.29 bits per heavy atom. The van der Waals surface area contributed by atoms with Gasteiger partial charge in [0.25, 0.3) is 5.89 Å². The smallest absolute Gasteiger partial charge is 0.258 e. The monoisotopic (exact) mass is 289 g/mol. The highest BCUT2D eigenvalue weighted by molar-refractivity contribution is 5.63. The van der Waals surface area contributed by atoms with Crippen molar-refractivity contribution in [2.24, 2.45) is 0 Å². The van der Waals surface area contributed by atoms with Crippen LogP contribution in [0.25, 0.3) is 11.5 Å². The Labute approximate surface area is 122 Å². The predicted octanol–water partition coefficient (Wildman–Crippen LogP) is 2.83. The third-order valence-corrected chi connectivity index (χ3v) is 4.16. The van der Waals surface area contributed by atoms with Gasteiger partial charge in [0.1, 0.15) is 11.4 Å². The molecule has 2 aromatic rings. The van der Waals surface area contributed by atoms with Crippen LogP contribution in [-0.4, -0.2) is 22.4 Å². The van der Waals surface area contributed by atoms with Gasteiger partial charge in [0.05, 0.1) is 5.69 Å². The Bertz CT molecular complexity index is 633. The van der Waals surface area contributed by atoms with Crippen LogP contribution < -0.4 is 5.73 Å². The molecule has 0 radical (unpaired) electrons. The summed E-state index contributed by atoms with van der Waals surface area (Å²) >= 11 is 0. The molecule has 1 saturated carbocycles. The third-order valence-electron chi connectivity index (χ3n) is 4.16. The fraction of sp³-hybridized carbons (Fsp3) is 0.467. The first-order valence-electron chi connectivity index (χ1n) is 7.13. The molecule has 6 nitrogen and oxygen atoms in total. The Morgan fingerprint density at radius 3 is 2.71 bits per heavy atom. The maximum atomic E-state index is 9.67. The van der Waals surface area contributed by atoms with Gasteiger partial charge in [-0.3, -0.25) is 0 Å². The van der Waals surface area contributed by atoms with Crippen molar-refractivity contribution in [3.05, 3.63) is 24.0 Å². The number of aromatic nitrogens is 2. The fourth-order valence-corrected chi connectivity index (χ4v) is 2.84. The van der Waals surface area contributed by atoms with Gasteiger partial charge in [-0.2, -0.15) is 4.98 Å². The molecule has 1 aromatic carbocycles. The van der Waals surface area contributed by atoms with Crippen LogP contribution in [0.4, 0.5) is 5.69 Å². The molecule has 1 aliphatic rings. The number of benzene rings is 1. The molecule has 21 heavy (non-hydrogen) atoms. The molecule has 1 fully saturated rings. The zero-order valence-electron chi connectivity index (χ0n) is 12.0. The van der Waals surface area contributed by atoms with E-state index < -0.39 is 5.60 Å². The van der Waals surface area contributed by atoms with Crippen molar-refractivity contribution in [1.29, 1.82) is 0 Å². The number of nitrogens with two attached hydrogens (primary N) is 1. The van der Waals surface area contributed by atoms with Crippen LogP contribution in [0.3, 0.4) is 0 Å². The molecule has 0 saturated heterocycles. The predicted molar refractivity (Wildman–Crippen MR) is 77.6 cm³/mol. The summed E-state index contributed by atoms with van der Waals surface area (Å²) in [4.78, 5) is 4.46. The average Bonchev–Trinajstić information content (AvgIpc) is 3.01. The first kappa shape index (κ1) is 13.9. The molecule has 1 aromatic heterocycles. The summed E-state index contributed by atoms with van der Waals surface area (Å²) in [5.41, 5.74) is 6.11. The molecule has 0 bridgehead atoms. The highest BCUT2D eigenvalue weighted by Gasteiger charge is 2.38. The van der Waals surface area contributed by atoms with E-state index in [1.54, 1.807) is 19.2 Å². The summed E-state index contributed by atoms with van der Waals surface area (Å²) in [6.45, 7) is 0. The number of hydrogen-bond acceptors (Lipinski definition) is 6. The van der Waals surface area contributed by atoms with Crippen LogP contribution in [-0.2, 0) is 10.3 Å². The topological polar surface area (TPSA) is 94.4 Å². The molecule has 0 atom stereocenters. The average molecular weight is 289 g/mol. The first-order valence-corrected chi connectivity index (χ1v) is 7.13. The van der Waals surface area contributed by atoms with E-state index in [0.29, 0.717) is 23.0 Å². The largest absolute Gasteiger partial charge is 0.506 e. The number of phenols is 1. The van der Waals surface area contributed by atoms with E-state index in [4.69, 9.17) is 15.0 Å². The molecule has 112 valence electrons. The van der Waals surface area contributed by atoms with E-state index in [0.717, 1.165) is 25.7 Å². The lowest BCUT2D eigenvalue weighted by Crippen LogP contribution is -2.32. The van der Waals surface area contributed by atoms with Crippen molar-refractivity contribution >= 4 is 5.69 Å². The Kier molecular flexibility index (Phi) is 3.55. The van der Waals surface area contributed by atoms with Gasteiger partial charge < -0.3 is 20.1 Å². The van der Waals surface area contributed by atoms with Crippen molar-refractivity contribution in [3.8, 4) is 17.2 Å². The number of anilines is 1. The zero-order chi connectivity index (χ0) is 14.9. The summed E-state index contributed by atoms with van der Waals surface area (Å²) in [6.07, 6.45) is 5.20. The summed E-state index contributed by atoms with van der Waals surface area (Å²) < 4.78 is 11.0. The Morgan fingerprint density at radius 2 is 2.05 bits per heavy atom. The Hall–Kier alpha value is -2.08. The highest BCUT2D eigenvalue weighted by Crippen LogP contribution is 2.39. The number of ether oxygens (including phenoxy) is 1. The second-order valence-electron chi connectivity index (χ2n) is 5.46. The van der Waals surface area contributed by atoms with E-state index in [1.165, 1.54) is 12.5 Å². The minimum Gasteiger partial charge on any atom is -0.506 e. The van der Waals surface area contributed by atoms with Crippen LogP contribution in [0.1, 0.15) is 37.9 Å². The number of methoxy groups -OCH3 is 1. The van der Waals surface area contributed by atoms with Crippen molar-refractivity contribution in [3.63, 3.8) is 0 Å². The summed E-state index contributed by atoms with van der Waals surface area (Å²) in [5, 5.41) is 13.8. The number of hydrogen-bond donors (Lipinski definition) is 2.